The number of sulfonamides is 1. The van der Waals surface area contributed by atoms with Crippen molar-refractivity contribution in [3.05, 3.63) is 51.6 Å². The van der Waals surface area contributed by atoms with Crippen LogP contribution in [0.3, 0.4) is 0 Å². The fraction of sp³-hybridized carbons (Fsp3) is 0.353. The third kappa shape index (κ3) is 2.90. The summed E-state index contributed by atoms with van der Waals surface area (Å²) >= 11 is 3.46. The van der Waals surface area contributed by atoms with Gasteiger partial charge >= 0.3 is 0 Å². The second-order valence-corrected chi connectivity index (χ2v) is 8.93. The first kappa shape index (κ1) is 16.5. The van der Waals surface area contributed by atoms with E-state index in [0.717, 1.165) is 27.0 Å². The Hall–Kier alpha value is -1.40. The van der Waals surface area contributed by atoms with Gasteiger partial charge in [-0.05, 0) is 49.3 Å². The summed E-state index contributed by atoms with van der Waals surface area (Å²) in [7, 11) is -3.33. The summed E-state index contributed by atoms with van der Waals surface area (Å²) in [4.78, 5) is 4.80. The third-order valence-electron chi connectivity index (χ3n) is 4.37. The van der Waals surface area contributed by atoms with Gasteiger partial charge in [0.25, 0.3) is 0 Å². The Labute approximate surface area is 145 Å². The number of allylic oxidation sites excluding steroid dienone is 1. The highest BCUT2D eigenvalue weighted by Crippen LogP contribution is 2.46. The first-order valence-electron chi connectivity index (χ1n) is 7.43. The van der Waals surface area contributed by atoms with Gasteiger partial charge in [0.2, 0.25) is 10.0 Å². The van der Waals surface area contributed by atoms with Crippen LogP contribution < -0.4 is 0 Å². The SMILES string of the molecule is CC1=CC(C)=N[C@]12CCN(S(C)(=O)=O)/C2=C/c1cccc(Br)c1. The molecule has 0 aromatic heterocycles. The number of nitrogens with zero attached hydrogens (tertiary/aromatic N) is 2. The zero-order valence-electron chi connectivity index (χ0n) is 13.4. The van der Waals surface area contributed by atoms with Gasteiger partial charge in [-0.3, -0.25) is 9.30 Å². The van der Waals surface area contributed by atoms with Crippen LogP contribution in [-0.2, 0) is 10.0 Å². The van der Waals surface area contributed by atoms with E-state index in [0.29, 0.717) is 13.0 Å². The molecule has 0 aliphatic carbocycles. The van der Waals surface area contributed by atoms with Gasteiger partial charge in [-0.1, -0.05) is 28.1 Å². The Morgan fingerprint density at radius 2 is 2.09 bits per heavy atom. The van der Waals surface area contributed by atoms with E-state index in [1.807, 2.05) is 50.3 Å². The largest absolute Gasteiger partial charge is 0.273 e. The van der Waals surface area contributed by atoms with Crippen molar-refractivity contribution in [3.8, 4) is 0 Å². The van der Waals surface area contributed by atoms with Crippen LogP contribution in [0.2, 0.25) is 0 Å². The molecule has 0 saturated carbocycles. The molecule has 2 aliphatic rings. The van der Waals surface area contributed by atoms with E-state index in [1.54, 1.807) is 0 Å². The molecule has 1 fully saturated rings. The molecule has 0 N–H and O–H groups in total. The van der Waals surface area contributed by atoms with E-state index >= 15 is 0 Å². The summed E-state index contributed by atoms with van der Waals surface area (Å²) in [6.07, 6.45) is 5.92. The van der Waals surface area contributed by atoms with Crippen LogP contribution in [0.1, 0.15) is 25.8 Å². The molecule has 0 amide bonds. The van der Waals surface area contributed by atoms with Crippen molar-refractivity contribution in [2.24, 2.45) is 4.99 Å². The normalized spacial score (nSPS) is 26.1. The molecule has 0 unspecified atom stereocenters. The molecule has 0 radical (unpaired) electrons. The van der Waals surface area contributed by atoms with Gasteiger partial charge < -0.3 is 0 Å². The van der Waals surface area contributed by atoms with Crippen molar-refractivity contribution in [3.63, 3.8) is 0 Å². The zero-order valence-corrected chi connectivity index (χ0v) is 15.8. The van der Waals surface area contributed by atoms with E-state index in [2.05, 4.69) is 15.9 Å². The number of benzene rings is 1. The summed E-state index contributed by atoms with van der Waals surface area (Å²) < 4.78 is 26.9. The van der Waals surface area contributed by atoms with Crippen molar-refractivity contribution in [2.45, 2.75) is 25.8 Å². The number of aliphatic imine (C=N–C) groups is 1. The van der Waals surface area contributed by atoms with Gasteiger partial charge in [0.15, 0.2) is 0 Å². The smallest absolute Gasteiger partial charge is 0.232 e. The minimum Gasteiger partial charge on any atom is -0.273 e. The molecule has 1 aromatic carbocycles. The lowest BCUT2D eigenvalue weighted by Gasteiger charge is -2.27. The summed E-state index contributed by atoms with van der Waals surface area (Å²) in [6.45, 7) is 4.44. The Morgan fingerprint density at radius 1 is 1.35 bits per heavy atom. The van der Waals surface area contributed by atoms with Crippen molar-refractivity contribution < 1.29 is 8.42 Å². The molecule has 1 atom stereocenters. The zero-order chi connectivity index (χ0) is 16.8. The molecule has 6 heteroatoms. The van der Waals surface area contributed by atoms with Crippen LogP contribution in [0.15, 0.2) is 51.1 Å². The van der Waals surface area contributed by atoms with Crippen molar-refractivity contribution in [1.82, 2.24) is 4.31 Å². The minimum atomic E-state index is -3.33. The second kappa shape index (κ2) is 5.60. The first-order valence-corrected chi connectivity index (χ1v) is 10.1. The van der Waals surface area contributed by atoms with E-state index in [-0.39, 0.29) is 0 Å². The van der Waals surface area contributed by atoms with E-state index in [1.165, 1.54) is 10.6 Å². The van der Waals surface area contributed by atoms with E-state index in [4.69, 9.17) is 4.99 Å². The lowest BCUT2D eigenvalue weighted by Crippen LogP contribution is -2.32. The van der Waals surface area contributed by atoms with E-state index < -0.39 is 15.6 Å². The average molecular weight is 395 g/mol. The van der Waals surface area contributed by atoms with E-state index in [9.17, 15) is 8.42 Å². The number of hydrogen-bond donors (Lipinski definition) is 0. The maximum absolute atomic E-state index is 12.2. The fourth-order valence-electron chi connectivity index (χ4n) is 3.37. The molecule has 4 nitrogen and oxygen atoms in total. The molecule has 2 aliphatic heterocycles. The lowest BCUT2D eigenvalue weighted by atomic mass is 9.88. The topological polar surface area (TPSA) is 49.7 Å². The maximum Gasteiger partial charge on any atom is 0.232 e. The molecular formula is C17H19BrN2O2S. The number of halogens is 1. The molecule has 1 spiro atoms. The Kier molecular flexibility index (Phi) is 4.01. The predicted octanol–water partition coefficient (Wildman–Crippen LogP) is 3.61. The quantitative estimate of drug-likeness (QED) is 0.768. The summed E-state index contributed by atoms with van der Waals surface area (Å²) in [6, 6.07) is 7.83. The van der Waals surface area contributed by atoms with Crippen molar-refractivity contribution in [2.75, 3.05) is 12.8 Å². The third-order valence-corrected chi connectivity index (χ3v) is 6.04. The Balaban J connectivity index is 2.19. The summed E-state index contributed by atoms with van der Waals surface area (Å²) in [5, 5.41) is 0. The fourth-order valence-corrected chi connectivity index (χ4v) is 4.78. The van der Waals surface area contributed by atoms with Crippen LogP contribution in [0, 0.1) is 0 Å². The van der Waals surface area contributed by atoms with Crippen LogP contribution >= 0.6 is 15.9 Å². The van der Waals surface area contributed by atoms with Gasteiger partial charge in [-0.2, -0.15) is 0 Å². The van der Waals surface area contributed by atoms with Gasteiger partial charge in [0.05, 0.1) is 12.0 Å². The highest BCUT2D eigenvalue weighted by Gasteiger charge is 2.48. The van der Waals surface area contributed by atoms with Gasteiger partial charge in [-0.15, -0.1) is 0 Å². The van der Waals surface area contributed by atoms with Gasteiger partial charge in [0, 0.05) is 23.1 Å². The molecular weight excluding hydrogens is 376 g/mol. The van der Waals surface area contributed by atoms with Gasteiger partial charge in [0.1, 0.15) is 5.54 Å². The molecule has 0 bridgehead atoms. The molecule has 23 heavy (non-hydrogen) atoms. The average Bonchev–Trinajstić information content (AvgIpc) is 2.91. The molecule has 3 rings (SSSR count). The number of hydrogen-bond acceptors (Lipinski definition) is 3. The predicted molar refractivity (Wildman–Crippen MR) is 97.9 cm³/mol. The highest BCUT2D eigenvalue weighted by molar-refractivity contribution is 9.10. The molecule has 122 valence electrons. The minimum absolute atomic E-state index is 0.459. The lowest BCUT2D eigenvalue weighted by molar-refractivity contribution is 0.515. The standard InChI is InChI=1S/C17H19BrN2O2S/c1-12-9-13(2)19-17(12)7-8-20(23(3,21)22)16(17)11-14-5-4-6-15(18)10-14/h4-6,9-11H,7-8H2,1-3H3/b16-11+/t17-/m1/s1. The van der Waals surface area contributed by atoms with Gasteiger partial charge in [-0.25, -0.2) is 8.42 Å². The highest BCUT2D eigenvalue weighted by atomic mass is 79.9. The van der Waals surface area contributed by atoms with Crippen LogP contribution in [0.25, 0.3) is 6.08 Å². The Morgan fingerprint density at radius 3 is 2.65 bits per heavy atom. The van der Waals surface area contributed by atoms with Crippen LogP contribution in [-0.4, -0.2) is 36.8 Å². The molecule has 2 heterocycles. The molecule has 1 aromatic rings. The van der Waals surface area contributed by atoms with Crippen molar-refractivity contribution >= 4 is 37.7 Å². The van der Waals surface area contributed by atoms with Crippen LogP contribution in [0.4, 0.5) is 0 Å². The Bertz CT molecular complexity index is 855. The molecule has 1 saturated heterocycles. The maximum atomic E-state index is 12.2. The summed E-state index contributed by atoms with van der Waals surface area (Å²) in [5.41, 5.74) is 3.19. The van der Waals surface area contributed by atoms with Crippen molar-refractivity contribution in [1.29, 1.82) is 0 Å². The first-order chi connectivity index (χ1) is 10.7. The number of rotatable bonds is 2. The summed E-state index contributed by atoms with van der Waals surface area (Å²) in [5.74, 6) is 0. The van der Waals surface area contributed by atoms with Crippen LogP contribution in [0.5, 0.6) is 0 Å². The monoisotopic (exact) mass is 394 g/mol. The second-order valence-electron chi connectivity index (χ2n) is 6.11.